The van der Waals surface area contributed by atoms with E-state index in [4.69, 9.17) is 0 Å². The smallest absolute Gasteiger partial charge is 0.267 e. The van der Waals surface area contributed by atoms with E-state index in [1.807, 2.05) is 58.9 Å². The number of nitrogens with zero attached hydrogens (tertiary/aromatic N) is 2. The van der Waals surface area contributed by atoms with Gasteiger partial charge in [-0.3, -0.25) is 4.79 Å². The maximum absolute atomic E-state index is 14.7. The van der Waals surface area contributed by atoms with Gasteiger partial charge in [0.25, 0.3) is 5.56 Å². The molecule has 2 aromatic carbocycles. The van der Waals surface area contributed by atoms with E-state index in [9.17, 15) is 9.18 Å². The van der Waals surface area contributed by atoms with E-state index in [1.54, 1.807) is 6.20 Å². The average Bonchev–Trinajstić information content (AvgIpc) is 2.49. The summed E-state index contributed by atoms with van der Waals surface area (Å²) < 4.78 is 16.0. The fourth-order valence-electron chi connectivity index (χ4n) is 2.80. The molecule has 0 aliphatic carbocycles. The monoisotopic (exact) mass is 324 g/mol. The molecule has 24 heavy (non-hydrogen) atoms. The van der Waals surface area contributed by atoms with Crippen LogP contribution in [0.2, 0.25) is 0 Å². The molecule has 0 saturated heterocycles. The Kier molecular flexibility index (Phi) is 3.78. The normalized spacial score (nSPS) is 11.9. The van der Waals surface area contributed by atoms with Crippen molar-refractivity contribution in [1.82, 2.24) is 9.78 Å². The molecule has 0 N–H and O–H groups in total. The zero-order valence-corrected chi connectivity index (χ0v) is 14.6. The Labute approximate surface area is 140 Å². The van der Waals surface area contributed by atoms with Crippen LogP contribution in [0.1, 0.15) is 37.5 Å². The number of benzene rings is 2. The van der Waals surface area contributed by atoms with Crippen molar-refractivity contribution in [3.8, 4) is 5.69 Å². The van der Waals surface area contributed by atoms with E-state index in [1.165, 1.54) is 10.7 Å². The van der Waals surface area contributed by atoms with Gasteiger partial charge in [-0.05, 0) is 54.2 Å². The summed E-state index contributed by atoms with van der Waals surface area (Å²) in [5.74, 6) is -0.496. The number of halogens is 1. The lowest BCUT2D eigenvalue weighted by Gasteiger charge is -2.20. The van der Waals surface area contributed by atoms with Gasteiger partial charge in [0.05, 0.1) is 17.3 Å². The number of hydrogen-bond acceptors (Lipinski definition) is 2. The highest BCUT2D eigenvalue weighted by Crippen LogP contribution is 2.27. The first-order chi connectivity index (χ1) is 11.2. The van der Waals surface area contributed by atoms with Gasteiger partial charge < -0.3 is 0 Å². The van der Waals surface area contributed by atoms with Crippen LogP contribution in [-0.2, 0) is 5.41 Å². The van der Waals surface area contributed by atoms with E-state index < -0.39 is 11.4 Å². The lowest BCUT2D eigenvalue weighted by atomic mass is 9.86. The highest BCUT2D eigenvalue weighted by Gasteiger charge is 2.19. The van der Waals surface area contributed by atoms with Crippen LogP contribution in [0.5, 0.6) is 0 Å². The van der Waals surface area contributed by atoms with Crippen molar-refractivity contribution >= 4 is 10.8 Å². The van der Waals surface area contributed by atoms with E-state index in [0.717, 1.165) is 16.7 Å². The third kappa shape index (κ3) is 2.62. The SMILES string of the molecule is Cc1cccc(-n2ncc3cc(C(C)(C)C)cc(F)c3c2=O)c1C. The summed E-state index contributed by atoms with van der Waals surface area (Å²) in [7, 11) is 0. The average molecular weight is 324 g/mol. The minimum Gasteiger partial charge on any atom is -0.267 e. The molecule has 0 atom stereocenters. The standard InChI is InChI=1S/C20H21FN2O/c1-12-7-6-8-17(13(12)2)23-19(24)18-14(11-22-23)9-15(10-16(18)21)20(3,4)5/h6-11H,1-5H3. The minimum atomic E-state index is -0.496. The molecule has 0 aliphatic heterocycles. The summed E-state index contributed by atoms with van der Waals surface area (Å²) in [6, 6.07) is 8.97. The van der Waals surface area contributed by atoms with Crippen molar-refractivity contribution in [3.05, 3.63) is 69.4 Å². The Hall–Kier alpha value is -2.49. The molecular formula is C20H21FN2O. The minimum absolute atomic E-state index is 0.0823. The predicted octanol–water partition coefficient (Wildman–Crippen LogP) is 4.44. The van der Waals surface area contributed by atoms with Gasteiger partial charge in [-0.25, -0.2) is 4.39 Å². The Morgan fingerprint density at radius 2 is 1.83 bits per heavy atom. The third-order valence-corrected chi connectivity index (χ3v) is 4.51. The number of aryl methyl sites for hydroxylation is 1. The van der Waals surface area contributed by atoms with Crippen molar-refractivity contribution in [2.75, 3.05) is 0 Å². The zero-order chi connectivity index (χ0) is 17.6. The Bertz CT molecular complexity index is 997. The molecule has 0 aliphatic rings. The maximum atomic E-state index is 14.7. The maximum Gasteiger partial charge on any atom is 0.282 e. The van der Waals surface area contributed by atoms with Gasteiger partial charge in [-0.1, -0.05) is 32.9 Å². The van der Waals surface area contributed by atoms with E-state index in [2.05, 4.69) is 5.10 Å². The third-order valence-electron chi connectivity index (χ3n) is 4.51. The Balaban J connectivity index is 2.32. The Morgan fingerprint density at radius 1 is 1.12 bits per heavy atom. The lowest BCUT2D eigenvalue weighted by molar-refractivity contribution is 0.576. The topological polar surface area (TPSA) is 34.9 Å². The van der Waals surface area contributed by atoms with E-state index >= 15 is 0 Å². The number of hydrogen-bond donors (Lipinski definition) is 0. The summed E-state index contributed by atoms with van der Waals surface area (Å²) in [4.78, 5) is 12.8. The van der Waals surface area contributed by atoms with Crippen molar-refractivity contribution < 1.29 is 4.39 Å². The summed E-state index contributed by atoms with van der Waals surface area (Å²) in [5, 5.41) is 4.90. The zero-order valence-electron chi connectivity index (χ0n) is 14.6. The first kappa shape index (κ1) is 16.4. The lowest BCUT2D eigenvalue weighted by Crippen LogP contribution is -2.23. The second-order valence-electron chi connectivity index (χ2n) is 7.25. The molecule has 0 unspecified atom stereocenters. The van der Waals surface area contributed by atoms with E-state index in [-0.39, 0.29) is 10.8 Å². The fourth-order valence-corrected chi connectivity index (χ4v) is 2.80. The van der Waals surface area contributed by atoms with Crippen LogP contribution in [0.3, 0.4) is 0 Å². The van der Waals surface area contributed by atoms with Gasteiger partial charge in [-0.2, -0.15) is 9.78 Å². The fraction of sp³-hybridized carbons (Fsp3) is 0.300. The molecule has 4 heteroatoms. The molecule has 3 nitrogen and oxygen atoms in total. The largest absolute Gasteiger partial charge is 0.282 e. The van der Waals surface area contributed by atoms with Crippen LogP contribution < -0.4 is 5.56 Å². The van der Waals surface area contributed by atoms with Gasteiger partial charge in [-0.15, -0.1) is 0 Å². The molecule has 0 radical (unpaired) electrons. The molecule has 1 aromatic heterocycles. The summed E-state index contributed by atoms with van der Waals surface area (Å²) in [6.07, 6.45) is 1.57. The molecular weight excluding hydrogens is 303 g/mol. The van der Waals surface area contributed by atoms with Crippen LogP contribution in [0, 0.1) is 19.7 Å². The predicted molar refractivity (Wildman–Crippen MR) is 95.5 cm³/mol. The molecule has 3 aromatic rings. The molecule has 0 saturated carbocycles. The van der Waals surface area contributed by atoms with Gasteiger partial charge in [0.15, 0.2) is 0 Å². The number of rotatable bonds is 1. The van der Waals surface area contributed by atoms with E-state index in [0.29, 0.717) is 11.1 Å². The van der Waals surface area contributed by atoms with Gasteiger partial charge in [0.2, 0.25) is 0 Å². The second kappa shape index (κ2) is 5.55. The van der Waals surface area contributed by atoms with Crippen LogP contribution in [-0.4, -0.2) is 9.78 Å². The summed E-state index contributed by atoms with van der Waals surface area (Å²) >= 11 is 0. The second-order valence-corrected chi connectivity index (χ2v) is 7.25. The summed E-state index contributed by atoms with van der Waals surface area (Å²) in [6.45, 7) is 9.94. The van der Waals surface area contributed by atoms with Crippen molar-refractivity contribution in [2.45, 2.75) is 40.0 Å². The molecule has 3 rings (SSSR count). The Morgan fingerprint density at radius 3 is 2.50 bits per heavy atom. The molecule has 0 spiro atoms. The van der Waals surface area contributed by atoms with Crippen molar-refractivity contribution in [3.63, 3.8) is 0 Å². The first-order valence-electron chi connectivity index (χ1n) is 7.99. The summed E-state index contributed by atoms with van der Waals surface area (Å²) in [5.41, 5.74) is 2.92. The highest BCUT2D eigenvalue weighted by atomic mass is 19.1. The number of fused-ring (bicyclic) bond motifs is 1. The molecule has 0 bridgehead atoms. The van der Waals surface area contributed by atoms with Gasteiger partial charge >= 0.3 is 0 Å². The molecule has 1 heterocycles. The molecule has 0 fully saturated rings. The van der Waals surface area contributed by atoms with Crippen molar-refractivity contribution in [1.29, 1.82) is 0 Å². The van der Waals surface area contributed by atoms with Gasteiger partial charge in [0.1, 0.15) is 5.82 Å². The van der Waals surface area contributed by atoms with Crippen LogP contribution in [0.15, 0.2) is 41.3 Å². The van der Waals surface area contributed by atoms with Gasteiger partial charge in [0, 0.05) is 5.39 Å². The van der Waals surface area contributed by atoms with Crippen LogP contribution >= 0.6 is 0 Å². The quantitative estimate of drug-likeness (QED) is 0.663. The molecule has 0 amide bonds. The van der Waals surface area contributed by atoms with Crippen molar-refractivity contribution in [2.24, 2.45) is 0 Å². The molecule has 124 valence electrons. The first-order valence-corrected chi connectivity index (χ1v) is 7.99. The number of aromatic nitrogens is 2. The highest BCUT2D eigenvalue weighted by molar-refractivity contribution is 5.82. The van der Waals surface area contributed by atoms with Crippen LogP contribution in [0.4, 0.5) is 4.39 Å². The van der Waals surface area contributed by atoms with Crippen LogP contribution in [0.25, 0.3) is 16.5 Å².